The lowest BCUT2D eigenvalue weighted by Gasteiger charge is -2.20. The molecule has 2 atom stereocenters. The monoisotopic (exact) mass is 1060 g/mol. The standard InChI is InChI=1S/C69H133NO5/c1-3-5-7-9-11-13-15-17-19-21-23-24-25-26-28-29-33-37-41-45-49-53-57-61-67(72)66(65-71)70-68(73)62-58-54-50-46-42-38-34-31-32-36-40-44-48-52-56-60-64-75-69(74)63-59-55-51-47-43-39-35-30-27-22-20-18-16-14-12-10-8-6-4-2/h18,20,57,61,66-67,71-72H,3-17,19,21-56,58-60,62-65H2,1-2H3,(H,70,73)/b20-18-,61-57+. The van der Waals surface area contributed by atoms with Crippen molar-refractivity contribution in [2.24, 2.45) is 0 Å². The van der Waals surface area contributed by atoms with Gasteiger partial charge < -0.3 is 20.3 Å². The second-order valence-electron chi connectivity index (χ2n) is 23.5. The zero-order valence-corrected chi connectivity index (χ0v) is 50.8. The Balaban J connectivity index is 3.43. The van der Waals surface area contributed by atoms with Crippen molar-refractivity contribution in [2.45, 2.75) is 392 Å². The minimum Gasteiger partial charge on any atom is -0.466 e. The zero-order chi connectivity index (χ0) is 54.3. The van der Waals surface area contributed by atoms with Crippen LogP contribution in [0.5, 0.6) is 0 Å². The zero-order valence-electron chi connectivity index (χ0n) is 50.8. The Morgan fingerprint density at radius 1 is 0.360 bits per heavy atom. The molecule has 0 aromatic carbocycles. The number of rotatable bonds is 64. The molecule has 0 aromatic heterocycles. The fraction of sp³-hybridized carbons (Fsp3) is 0.913. The molecular weight excluding hydrogens is 923 g/mol. The van der Waals surface area contributed by atoms with Gasteiger partial charge in [0, 0.05) is 12.8 Å². The Labute approximate surface area is 469 Å². The van der Waals surface area contributed by atoms with Gasteiger partial charge in [0.2, 0.25) is 5.91 Å². The lowest BCUT2D eigenvalue weighted by Crippen LogP contribution is -2.45. The number of amides is 1. The second-order valence-corrected chi connectivity index (χ2v) is 23.5. The van der Waals surface area contributed by atoms with E-state index in [0.717, 1.165) is 44.9 Å². The topological polar surface area (TPSA) is 95.9 Å². The van der Waals surface area contributed by atoms with Crippen LogP contribution >= 0.6 is 0 Å². The number of unbranched alkanes of at least 4 members (excludes halogenated alkanes) is 51. The van der Waals surface area contributed by atoms with Crippen molar-refractivity contribution in [3.05, 3.63) is 24.3 Å². The molecule has 6 nitrogen and oxygen atoms in total. The van der Waals surface area contributed by atoms with Crippen LogP contribution in [-0.2, 0) is 14.3 Å². The molecule has 0 bridgehead atoms. The van der Waals surface area contributed by atoms with Crippen molar-refractivity contribution in [3.63, 3.8) is 0 Å². The van der Waals surface area contributed by atoms with E-state index < -0.39 is 12.1 Å². The largest absolute Gasteiger partial charge is 0.466 e. The fourth-order valence-electron chi connectivity index (χ4n) is 10.7. The van der Waals surface area contributed by atoms with E-state index in [0.29, 0.717) is 19.4 Å². The van der Waals surface area contributed by atoms with E-state index >= 15 is 0 Å². The molecule has 1 amide bonds. The first-order valence-electron chi connectivity index (χ1n) is 34.1. The van der Waals surface area contributed by atoms with Gasteiger partial charge in [-0.1, -0.05) is 334 Å². The molecule has 0 aliphatic rings. The first-order valence-corrected chi connectivity index (χ1v) is 34.1. The second kappa shape index (κ2) is 64.9. The molecule has 0 rings (SSSR count). The van der Waals surface area contributed by atoms with Crippen molar-refractivity contribution in [2.75, 3.05) is 13.2 Å². The van der Waals surface area contributed by atoms with Crippen molar-refractivity contribution < 1.29 is 24.5 Å². The third kappa shape index (κ3) is 61.4. The van der Waals surface area contributed by atoms with Crippen LogP contribution in [0.2, 0.25) is 0 Å². The van der Waals surface area contributed by atoms with Gasteiger partial charge in [-0.15, -0.1) is 0 Å². The predicted octanol–water partition coefficient (Wildman–Crippen LogP) is 21.8. The maximum atomic E-state index is 12.5. The van der Waals surface area contributed by atoms with Gasteiger partial charge in [0.15, 0.2) is 0 Å². The van der Waals surface area contributed by atoms with Crippen molar-refractivity contribution in [1.82, 2.24) is 5.32 Å². The first-order chi connectivity index (χ1) is 37.0. The van der Waals surface area contributed by atoms with Gasteiger partial charge in [0.05, 0.1) is 25.4 Å². The van der Waals surface area contributed by atoms with Crippen LogP contribution in [0.15, 0.2) is 24.3 Å². The Bertz CT molecular complexity index is 1170. The lowest BCUT2D eigenvalue weighted by atomic mass is 10.0. The number of allylic oxidation sites excluding steroid dienone is 3. The Morgan fingerprint density at radius 2 is 0.627 bits per heavy atom. The predicted molar refractivity (Wildman–Crippen MR) is 329 cm³/mol. The summed E-state index contributed by atoms with van der Waals surface area (Å²) in [5, 5.41) is 23.2. The van der Waals surface area contributed by atoms with Crippen LogP contribution in [-0.4, -0.2) is 47.4 Å². The van der Waals surface area contributed by atoms with Crippen LogP contribution in [0, 0.1) is 0 Å². The van der Waals surface area contributed by atoms with Crippen molar-refractivity contribution in [1.29, 1.82) is 0 Å². The van der Waals surface area contributed by atoms with Gasteiger partial charge >= 0.3 is 5.97 Å². The average Bonchev–Trinajstić information content (AvgIpc) is 3.41. The van der Waals surface area contributed by atoms with Crippen LogP contribution in [0.25, 0.3) is 0 Å². The summed E-state index contributed by atoms with van der Waals surface area (Å²) < 4.78 is 5.50. The number of carbonyl (C=O) groups excluding carboxylic acids is 2. The molecule has 0 saturated heterocycles. The van der Waals surface area contributed by atoms with Gasteiger partial charge in [0.25, 0.3) is 0 Å². The summed E-state index contributed by atoms with van der Waals surface area (Å²) in [7, 11) is 0. The number of hydrogen-bond acceptors (Lipinski definition) is 5. The van der Waals surface area contributed by atoms with E-state index in [1.54, 1.807) is 6.08 Å². The van der Waals surface area contributed by atoms with Gasteiger partial charge in [-0.2, -0.15) is 0 Å². The van der Waals surface area contributed by atoms with E-state index in [1.807, 2.05) is 6.08 Å². The summed E-state index contributed by atoms with van der Waals surface area (Å²) in [6.07, 6.45) is 80.9. The van der Waals surface area contributed by atoms with Gasteiger partial charge in [-0.05, 0) is 57.8 Å². The van der Waals surface area contributed by atoms with E-state index in [2.05, 4.69) is 31.3 Å². The SMILES string of the molecule is CCCCCCCC/C=C\CCCCCCCCCCCC(=O)OCCCCCCCCCCCCCCCCCCC(=O)NC(CO)C(O)/C=C/CCCCCCCCCCCCCCCCCCCCCCC. The summed E-state index contributed by atoms with van der Waals surface area (Å²) in [5.74, 6) is -0.0678. The van der Waals surface area contributed by atoms with Crippen LogP contribution < -0.4 is 5.32 Å². The molecule has 2 unspecified atom stereocenters. The molecule has 0 aliphatic carbocycles. The molecule has 75 heavy (non-hydrogen) atoms. The summed E-state index contributed by atoms with van der Waals surface area (Å²) in [5.41, 5.74) is 0. The minimum absolute atomic E-state index is 0.00281. The maximum Gasteiger partial charge on any atom is 0.305 e. The molecule has 0 saturated carbocycles. The number of esters is 1. The van der Waals surface area contributed by atoms with Crippen molar-refractivity contribution in [3.8, 4) is 0 Å². The molecule has 0 fully saturated rings. The molecule has 6 heteroatoms. The first kappa shape index (κ1) is 73.3. The molecular formula is C69H133NO5. The Kier molecular flexibility index (Phi) is 63.4. The van der Waals surface area contributed by atoms with Gasteiger partial charge in [-0.25, -0.2) is 0 Å². The summed E-state index contributed by atoms with van der Waals surface area (Å²) >= 11 is 0. The van der Waals surface area contributed by atoms with Crippen LogP contribution in [0.1, 0.15) is 380 Å². The number of carbonyl (C=O) groups is 2. The molecule has 0 radical (unpaired) electrons. The number of ether oxygens (including phenoxy) is 1. The minimum atomic E-state index is -0.851. The maximum absolute atomic E-state index is 12.5. The lowest BCUT2D eigenvalue weighted by molar-refractivity contribution is -0.143. The average molecular weight is 1060 g/mol. The summed E-state index contributed by atoms with van der Waals surface area (Å²) in [6.45, 7) is 4.92. The number of aliphatic hydroxyl groups excluding tert-OH is 2. The summed E-state index contributed by atoms with van der Waals surface area (Å²) in [6, 6.07) is -0.634. The highest BCUT2D eigenvalue weighted by Gasteiger charge is 2.18. The third-order valence-corrected chi connectivity index (χ3v) is 16.0. The highest BCUT2D eigenvalue weighted by atomic mass is 16.5. The number of hydrogen-bond donors (Lipinski definition) is 3. The van der Waals surface area contributed by atoms with Crippen LogP contribution in [0.3, 0.4) is 0 Å². The molecule has 0 heterocycles. The van der Waals surface area contributed by atoms with Gasteiger partial charge in [-0.3, -0.25) is 9.59 Å². The molecule has 0 aromatic rings. The van der Waals surface area contributed by atoms with Crippen LogP contribution in [0.4, 0.5) is 0 Å². The molecule has 3 N–H and O–H groups in total. The number of nitrogens with one attached hydrogen (secondary N) is 1. The quantitative estimate of drug-likeness (QED) is 0.0320. The Morgan fingerprint density at radius 3 is 0.947 bits per heavy atom. The number of aliphatic hydroxyl groups is 2. The van der Waals surface area contributed by atoms with Crippen molar-refractivity contribution >= 4 is 11.9 Å². The molecule has 0 spiro atoms. The third-order valence-electron chi connectivity index (χ3n) is 16.0. The van der Waals surface area contributed by atoms with E-state index in [1.165, 1.54) is 308 Å². The van der Waals surface area contributed by atoms with E-state index in [4.69, 9.17) is 4.74 Å². The smallest absolute Gasteiger partial charge is 0.305 e. The molecule has 0 aliphatic heterocycles. The highest BCUT2D eigenvalue weighted by Crippen LogP contribution is 2.18. The van der Waals surface area contributed by atoms with E-state index in [9.17, 15) is 19.8 Å². The Hall–Kier alpha value is -1.66. The van der Waals surface area contributed by atoms with E-state index in [-0.39, 0.29) is 18.5 Å². The summed E-state index contributed by atoms with van der Waals surface area (Å²) in [4.78, 5) is 24.6. The molecule has 444 valence electrons. The fourth-order valence-corrected chi connectivity index (χ4v) is 10.7. The highest BCUT2D eigenvalue weighted by molar-refractivity contribution is 5.76. The normalized spacial score (nSPS) is 12.6. The van der Waals surface area contributed by atoms with Gasteiger partial charge in [0.1, 0.15) is 0 Å².